The van der Waals surface area contributed by atoms with Crippen LogP contribution in [0.2, 0.25) is 0 Å². The summed E-state index contributed by atoms with van der Waals surface area (Å²) in [6, 6.07) is 17.1. The summed E-state index contributed by atoms with van der Waals surface area (Å²) in [7, 11) is -1.76. The fourth-order valence-corrected chi connectivity index (χ4v) is 5.38. The molecule has 2 aromatic rings. The predicted octanol–water partition coefficient (Wildman–Crippen LogP) is 2.86. The van der Waals surface area contributed by atoms with E-state index in [1.165, 1.54) is 4.31 Å². The molecule has 0 saturated carbocycles. The van der Waals surface area contributed by atoms with E-state index in [4.69, 9.17) is 9.47 Å². The number of carbonyl (C=O) groups excluding carboxylic acids is 1. The van der Waals surface area contributed by atoms with Gasteiger partial charge in [0.25, 0.3) is 0 Å². The largest absolute Gasteiger partial charge is 0.497 e. The van der Waals surface area contributed by atoms with Crippen molar-refractivity contribution in [1.29, 1.82) is 0 Å². The Morgan fingerprint density at radius 2 is 1.81 bits per heavy atom. The molecular weight excluding hydrogens is 428 g/mol. The van der Waals surface area contributed by atoms with Crippen molar-refractivity contribution in [3.8, 4) is 11.5 Å². The number of carbonyl (C=O) groups is 1. The molecule has 0 aromatic heterocycles. The third-order valence-electron chi connectivity index (χ3n) is 5.59. The number of nitrogens with zero attached hydrogens (tertiary/aromatic N) is 1. The van der Waals surface area contributed by atoms with Crippen LogP contribution in [0.5, 0.6) is 11.5 Å². The summed E-state index contributed by atoms with van der Waals surface area (Å²) in [6.07, 6.45) is 2.69. The highest BCUT2D eigenvalue weighted by Crippen LogP contribution is 2.21. The first-order chi connectivity index (χ1) is 15.5. The van der Waals surface area contributed by atoms with Crippen LogP contribution in [0.15, 0.2) is 54.6 Å². The zero-order valence-corrected chi connectivity index (χ0v) is 19.4. The Balaban J connectivity index is 1.40. The van der Waals surface area contributed by atoms with Crippen molar-refractivity contribution >= 4 is 15.9 Å². The second kappa shape index (κ2) is 11.9. The molecule has 1 saturated heterocycles. The summed E-state index contributed by atoms with van der Waals surface area (Å²) in [5, 5.41) is 2.87. The predicted molar refractivity (Wildman–Crippen MR) is 124 cm³/mol. The summed E-state index contributed by atoms with van der Waals surface area (Å²) in [6.45, 7) is 1.44. The molecule has 0 bridgehead atoms. The van der Waals surface area contributed by atoms with E-state index in [1.54, 1.807) is 7.11 Å². The van der Waals surface area contributed by atoms with Crippen molar-refractivity contribution in [1.82, 2.24) is 9.62 Å². The quantitative estimate of drug-likeness (QED) is 0.521. The summed E-state index contributed by atoms with van der Waals surface area (Å²) < 4.78 is 37.8. The molecule has 1 aliphatic heterocycles. The normalized spacial score (nSPS) is 17.0. The molecule has 0 aliphatic carbocycles. The second-order valence-corrected chi connectivity index (χ2v) is 10.0. The topological polar surface area (TPSA) is 84.9 Å². The van der Waals surface area contributed by atoms with Crippen molar-refractivity contribution in [2.45, 2.75) is 25.7 Å². The maximum Gasteiger partial charge on any atom is 0.224 e. The highest BCUT2D eigenvalue weighted by atomic mass is 32.2. The molecule has 174 valence electrons. The lowest BCUT2D eigenvalue weighted by Gasteiger charge is -2.31. The molecule has 3 rings (SSSR count). The molecule has 2 aromatic carbocycles. The monoisotopic (exact) mass is 460 g/mol. The number of sulfonamides is 1. The standard InChI is InChI=1S/C24H32N2O5S/c1-30-22-11-13-23(14-12-22)31-17-15-25-24(27)21-10-5-16-26(19-21)32(28,29)18-6-9-20-7-3-2-4-8-20/h2-4,7-8,11-14,21H,5-6,9-10,15-19H2,1H3,(H,25,27)/t21-/m1/s1. The number of nitrogens with one attached hydrogen (secondary N) is 1. The molecule has 1 aliphatic rings. The molecule has 7 nitrogen and oxygen atoms in total. The summed E-state index contributed by atoms with van der Waals surface area (Å²) in [4.78, 5) is 12.6. The van der Waals surface area contributed by atoms with Gasteiger partial charge in [-0.2, -0.15) is 0 Å². The molecule has 1 N–H and O–H groups in total. The lowest BCUT2D eigenvalue weighted by Crippen LogP contribution is -2.46. The van der Waals surface area contributed by atoms with Gasteiger partial charge in [-0.15, -0.1) is 0 Å². The molecule has 0 spiro atoms. The van der Waals surface area contributed by atoms with E-state index < -0.39 is 10.0 Å². The minimum atomic E-state index is -3.37. The number of rotatable bonds is 11. The van der Waals surface area contributed by atoms with Gasteiger partial charge in [-0.1, -0.05) is 30.3 Å². The number of hydrogen-bond donors (Lipinski definition) is 1. The summed E-state index contributed by atoms with van der Waals surface area (Å²) in [5.74, 6) is 1.11. The minimum Gasteiger partial charge on any atom is -0.497 e. The van der Waals surface area contributed by atoms with Crippen molar-refractivity contribution in [3.05, 3.63) is 60.2 Å². The first kappa shape index (κ1) is 24.1. The fraction of sp³-hybridized carbons (Fsp3) is 0.458. The molecule has 0 radical (unpaired) electrons. The zero-order chi connectivity index (χ0) is 22.8. The molecule has 0 unspecified atom stereocenters. The van der Waals surface area contributed by atoms with Crippen LogP contribution in [0.1, 0.15) is 24.8 Å². The van der Waals surface area contributed by atoms with Crippen LogP contribution >= 0.6 is 0 Å². The maximum absolute atomic E-state index is 12.8. The maximum atomic E-state index is 12.8. The third kappa shape index (κ3) is 7.24. The van der Waals surface area contributed by atoms with Gasteiger partial charge in [-0.05, 0) is 55.5 Å². The van der Waals surface area contributed by atoms with Gasteiger partial charge in [0, 0.05) is 13.1 Å². The van der Waals surface area contributed by atoms with Crippen molar-refractivity contribution in [2.24, 2.45) is 5.92 Å². The summed E-state index contributed by atoms with van der Waals surface area (Å²) in [5.41, 5.74) is 1.13. The summed E-state index contributed by atoms with van der Waals surface area (Å²) >= 11 is 0. The number of ether oxygens (including phenoxy) is 2. The Bertz CT molecular complexity index is 948. The van der Waals surface area contributed by atoms with Gasteiger partial charge in [0.05, 0.1) is 25.3 Å². The van der Waals surface area contributed by atoms with E-state index in [1.807, 2.05) is 54.6 Å². The van der Waals surface area contributed by atoms with Crippen LogP contribution in [0.25, 0.3) is 0 Å². The highest BCUT2D eigenvalue weighted by Gasteiger charge is 2.31. The van der Waals surface area contributed by atoms with Gasteiger partial charge in [0.2, 0.25) is 15.9 Å². The third-order valence-corrected chi connectivity index (χ3v) is 7.51. The van der Waals surface area contributed by atoms with Gasteiger partial charge in [-0.3, -0.25) is 4.79 Å². The van der Waals surface area contributed by atoms with E-state index in [0.29, 0.717) is 44.7 Å². The van der Waals surface area contributed by atoms with Crippen LogP contribution in [-0.4, -0.2) is 57.7 Å². The average molecular weight is 461 g/mol. The molecule has 1 heterocycles. The number of piperidine rings is 1. The van der Waals surface area contributed by atoms with Gasteiger partial charge >= 0.3 is 0 Å². The first-order valence-corrected chi connectivity index (χ1v) is 12.6. The van der Waals surface area contributed by atoms with E-state index in [2.05, 4.69) is 5.32 Å². The lowest BCUT2D eigenvalue weighted by molar-refractivity contribution is -0.126. The Hall–Kier alpha value is -2.58. The molecular formula is C24H32N2O5S. The van der Waals surface area contributed by atoms with Crippen LogP contribution < -0.4 is 14.8 Å². The molecule has 1 fully saturated rings. The molecule has 32 heavy (non-hydrogen) atoms. The van der Waals surface area contributed by atoms with Gasteiger partial charge in [0.15, 0.2) is 0 Å². The second-order valence-electron chi connectivity index (χ2n) is 7.92. The smallest absolute Gasteiger partial charge is 0.224 e. The molecule has 1 atom stereocenters. The van der Waals surface area contributed by atoms with E-state index in [9.17, 15) is 13.2 Å². The van der Waals surface area contributed by atoms with Crippen molar-refractivity contribution in [3.63, 3.8) is 0 Å². The van der Waals surface area contributed by atoms with Gasteiger partial charge < -0.3 is 14.8 Å². The number of hydrogen-bond acceptors (Lipinski definition) is 5. The van der Waals surface area contributed by atoms with Gasteiger partial charge in [0.1, 0.15) is 18.1 Å². The minimum absolute atomic E-state index is 0.103. The van der Waals surface area contributed by atoms with E-state index in [-0.39, 0.29) is 24.1 Å². The van der Waals surface area contributed by atoms with E-state index in [0.717, 1.165) is 17.7 Å². The van der Waals surface area contributed by atoms with Crippen molar-refractivity contribution < 1.29 is 22.7 Å². The van der Waals surface area contributed by atoms with Crippen LogP contribution in [-0.2, 0) is 21.2 Å². The number of methoxy groups -OCH3 is 1. The van der Waals surface area contributed by atoms with Gasteiger partial charge in [-0.25, -0.2) is 12.7 Å². The first-order valence-electron chi connectivity index (χ1n) is 11.0. The fourth-order valence-electron chi connectivity index (χ4n) is 3.80. The molecule has 8 heteroatoms. The van der Waals surface area contributed by atoms with Crippen LogP contribution in [0, 0.1) is 5.92 Å². The number of amides is 1. The number of benzene rings is 2. The lowest BCUT2D eigenvalue weighted by atomic mass is 9.99. The Labute approximate surface area is 190 Å². The highest BCUT2D eigenvalue weighted by molar-refractivity contribution is 7.89. The Morgan fingerprint density at radius 1 is 1.09 bits per heavy atom. The van der Waals surface area contributed by atoms with Crippen LogP contribution in [0.3, 0.4) is 0 Å². The van der Waals surface area contributed by atoms with E-state index >= 15 is 0 Å². The number of aryl methyl sites for hydroxylation is 1. The Kier molecular flexibility index (Phi) is 8.93. The van der Waals surface area contributed by atoms with Crippen LogP contribution in [0.4, 0.5) is 0 Å². The van der Waals surface area contributed by atoms with Crippen molar-refractivity contribution in [2.75, 3.05) is 39.1 Å². The SMILES string of the molecule is COc1ccc(OCCNC(=O)[C@@H]2CCCN(S(=O)(=O)CCCc3ccccc3)C2)cc1. The zero-order valence-electron chi connectivity index (χ0n) is 18.5. The Morgan fingerprint density at radius 3 is 2.53 bits per heavy atom. The molecule has 1 amide bonds. The average Bonchev–Trinajstić information content (AvgIpc) is 2.83.